The average molecular weight is 333 g/mol. The molecular weight excluding hydrogens is 316 g/mol. The Bertz CT molecular complexity index is 739. The Hall–Kier alpha value is -2.24. The van der Waals surface area contributed by atoms with Gasteiger partial charge >= 0.3 is 0 Å². The van der Waals surface area contributed by atoms with Crippen molar-refractivity contribution in [2.45, 2.75) is 25.8 Å². The van der Waals surface area contributed by atoms with E-state index in [1.165, 1.54) is 24.3 Å². The predicted octanol–water partition coefficient (Wildman–Crippen LogP) is 4.00. The van der Waals surface area contributed by atoms with Crippen molar-refractivity contribution >= 4 is 23.1 Å². The van der Waals surface area contributed by atoms with E-state index in [-0.39, 0.29) is 11.5 Å². The topological polar surface area (TPSA) is 86.2 Å². The molecule has 0 aliphatic heterocycles. The highest BCUT2D eigenvalue weighted by atomic mass is 35.5. The normalized spacial score (nSPS) is 13.4. The van der Waals surface area contributed by atoms with Crippen molar-refractivity contribution in [3.05, 3.63) is 74.3 Å². The third kappa shape index (κ3) is 3.11. The number of hydrogen-bond donors (Lipinski definition) is 1. The molecular formula is C17H17ClN2O3. The van der Waals surface area contributed by atoms with Gasteiger partial charge in [-0.25, -0.2) is 0 Å². The van der Waals surface area contributed by atoms with E-state index in [1.54, 1.807) is 32.0 Å². The third-order valence-corrected chi connectivity index (χ3v) is 4.32. The molecule has 0 fully saturated rings. The van der Waals surface area contributed by atoms with Crippen LogP contribution in [0.4, 0.5) is 5.69 Å². The molecule has 0 amide bonds. The Balaban J connectivity index is 2.51. The van der Waals surface area contributed by atoms with Crippen LogP contribution in [0.1, 0.15) is 34.8 Å². The van der Waals surface area contributed by atoms with Crippen molar-refractivity contribution in [2.75, 3.05) is 0 Å². The summed E-state index contributed by atoms with van der Waals surface area (Å²) in [5.41, 5.74) is 6.70. The summed E-state index contributed by atoms with van der Waals surface area (Å²) in [6, 6.07) is 10.9. The zero-order valence-corrected chi connectivity index (χ0v) is 13.6. The first-order valence-corrected chi connectivity index (χ1v) is 7.52. The summed E-state index contributed by atoms with van der Waals surface area (Å²) in [6.45, 7) is 3.59. The number of aryl methyl sites for hydroxylation is 1. The molecule has 0 aliphatic rings. The summed E-state index contributed by atoms with van der Waals surface area (Å²) in [5.74, 6) is -0.294. The van der Waals surface area contributed by atoms with Crippen molar-refractivity contribution < 1.29 is 9.72 Å². The Kier molecular flexibility index (Phi) is 4.82. The maximum Gasteiger partial charge on any atom is 0.269 e. The maximum atomic E-state index is 13.0. The van der Waals surface area contributed by atoms with Gasteiger partial charge in [-0.2, -0.15) is 0 Å². The molecule has 0 bridgehead atoms. The van der Waals surface area contributed by atoms with Crippen LogP contribution in [0, 0.1) is 17.0 Å². The lowest BCUT2D eigenvalue weighted by molar-refractivity contribution is -0.384. The first-order valence-electron chi connectivity index (χ1n) is 7.15. The number of nitro groups is 1. The number of non-ortho nitro benzene ring substituents is 1. The minimum Gasteiger partial charge on any atom is -0.315 e. The second-order valence-corrected chi connectivity index (χ2v) is 5.80. The molecule has 0 aromatic heterocycles. The first kappa shape index (κ1) is 17.1. The van der Waals surface area contributed by atoms with E-state index in [0.29, 0.717) is 22.6 Å². The number of halogens is 1. The third-order valence-electron chi connectivity index (χ3n) is 4.01. The van der Waals surface area contributed by atoms with Crippen LogP contribution in [-0.4, -0.2) is 10.7 Å². The van der Waals surface area contributed by atoms with Crippen molar-refractivity contribution in [3.8, 4) is 0 Å². The summed E-state index contributed by atoms with van der Waals surface area (Å²) in [5, 5.41) is 11.1. The van der Waals surface area contributed by atoms with E-state index in [0.717, 1.165) is 5.56 Å². The molecule has 0 saturated heterocycles. The molecule has 2 rings (SSSR count). The molecule has 0 saturated carbocycles. The van der Waals surface area contributed by atoms with Crippen LogP contribution in [0.15, 0.2) is 42.5 Å². The van der Waals surface area contributed by atoms with E-state index in [2.05, 4.69) is 0 Å². The number of Topliss-reactive ketones (excluding diaryl/α,β-unsaturated/α-hetero) is 1. The van der Waals surface area contributed by atoms with Gasteiger partial charge in [0.2, 0.25) is 0 Å². The second-order valence-electron chi connectivity index (χ2n) is 5.39. The number of rotatable bonds is 5. The second kappa shape index (κ2) is 6.48. The van der Waals surface area contributed by atoms with Crippen molar-refractivity contribution in [2.24, 2.45) is 5.73 Å². The summed E-state index contributed by atoms with van der Waals surface area (Å²) < 4.78 is 0. The van der Waals surface area contributed by atoms with Crippen LogP contribution in [0.5, 0.6) is 0 Å². The molecule has 0 aliphatic carbocycles. The molecule has 0 radical (unpaired) electrons. The Morgan fingerprint density at radius 1 is 1.26 bits per heavy atom. The Labute approximate surface area is 139 Å². The lowest BCUT2D eigenvalue weighted by Crippen LogP contribution is -2.44. The standard InChI is InChI=1S/C17H17ClN2O3/c1-3-17(19,12-7-9-13(10-8-12)20(22)23)16(21)15-11(2)5-4-6-14(15)18/h4-10H,3,19H2,1-2H3. The first-order chi connectivity index (χ1) is 10.8. The zero-order chi connectivity index (χ0) is 17.2. The quantitative estimate of drug-likeness (QED) is 0.509. The van der Waals surface area contributed by atoms with Gasteiger partial charge in [0.25, 0.3) is 5.69 Å². The van der Waals surface area contributed by atoms with Gasteiger partial charge in [-0.05, 0) is 42.7 Å². The van der Waals surface area contributed by atoms with E-state index < -0.39 is 10.5 Å². The van der Waals surface area contributed by atoms with Crippen LogP contribution in [0.2, 0.25) is 5.02 Å². The number of ketones is 1. The summed E-state index contributed by atoms with van der Waals surface area (Å²) in [6.07, 6.45) is 0.342. The lowest BCUT2D eigenvalue weighted by Gasteiger charge is -2.28. The number of hydrogen-bond acceptors (Lipinski definition) is 4. The van der Waals surface area contributed by atoms with E-state index in [9.17, 15) is 14.9 Å². The van der Waals surface area contributed by atoms with Gasteiger partial charge in [-0.3, -0.25) is 14.9 Å². The van der Waals surface area contributed by atoms with Gasteiger partial charge in [0, 0.05) is 17.7 Å². The fourth-order valence-electron chi connectivity index (χ4n) is 2.52. The van der Waals surface area contributed by atoms with Gasteiger partial charge in [-0.1, -0.05) is 30.7 Å². The van der Waals surface area contributed by atoms with Crippen LogP contribution < -0.4 is 5.73 Å². The van der Waals surface area contributed by atoms with E-state index in [1.807, 2.05) is 0 Å². The van der Waals surface area contributed by atoms with Crippen molar-refractivity contribution in [1.29, 1.82) is 0 Å². The summed E-state index contributed by atoms with van der Waals surface area (Å²) in [4.78, 5) is 23.3. The monoisotopic (exact) mass is 332 g/mol. The van der Waals surface area contributed by atoms with Gasteiger partial charge in [0.1, 0.15) is 5.54 Å². The highest BCUT2D eigenvalue weighted by Gasteiger charge is 2.36. The Morgan fingerprint density at radius 2 is 1.87 bits per heavy atom. The lowest BCUT2D eigenvalue weighted by atomic mass is 9.80. The molecule has 120 valence electrons. The molecule has 6 heteroatoms. The maximum absolute atomic E-state index is 13.0. The molecule has 0 heterocycles. The largest absolute Gasteiger partial charge is 0.315 e. The van der Waals surface area contributed by atoms with Crippen molar-refractivity contribution in [3.63, 3.8) is 0 Å². The molecule has 1 atom stereocenters. The predicted molar refractivity (Wildman–Crippen MR) is 89.8 cm³/mol. The highest BCUT2D eigenvalue weighted by molar-refractivity contribution is 6.34. The summed E-state index contributed by atoms with van der Waals surface area (Å²) in [7, 11) is 0. The number of carbonyl (C=O) groups is 1. The van der Waals surface area contributed by atoms with Crippen LogP contribution in [0.25, 0.3) is 0 Å². The summed E-state index contributed by atoms with van der Waals surface area (Å²) >= 11 is 6.18. The van der Waals surface area contributed by atoms with Crippen LogP contribution >= 0.6 is 11.6 Å². The number of nitrogens with zero attached hydrogens (tertiary/aromatic N) is 1. The molecule has 0 spiro atoms. The molecule has 1 unspecified atom stereocenters. The fourth-order valence-corrected chi connectivity index (χ4v) is 2.83. The van der Waals surface area contributed by atoms with Crippen LogP contribution in [-0.2, 0) is 5.54 Å². The highest BCUT2D eigenvalue weighted by Crippen LogP contribution is 2.32. The smallest absolute Gasteiger partial charge is 0.269 e. The van der Waals surface area contributed by atoms with Gasteiger partial charge in [-0.15, -0.1) is 0 Å². The minimum absolute atomic E-state index is 0.0476. The number of carbonyl (C=O) groups excluding carboxylic acids is 1. The number of nitrogens with two attached hydrogens (primary N) is 1. The van der Waals surface area contributed by atoms with Gasteiger partial charge < -0.3 is 5.73 Å². The van der Waals surface area contributed by atoms with E-state index in [4.69, 9.17) is 17.3 Å². The minimum atomic E-state index is -1.29. The SMILES string of the molecule is CCC(N)(C(=O)c1c(C)cccc1Cl)c1ccc([N+](=O)[O-])cc1. The molecule has 2 aromatic carbocycles. The Morgan fingerprint density at radius 3 is 2.35 bits per heavy atom. The fraction of sp³-hybridized carbons (Fsp3) is 0.235. The van der Waals surface area contributed by atoms with Gasteiger partial charge in [0.15, 0.2) is 5.78 Å². The molecule has 23 heavy (non-hydrogen) atoms. The zero-order valence-electron chi connectivity index (χ0n) is 12.9. The van der Waals surface area contributed by atoms with Gasteiger partial charge in [0.05, 0.1) is 9.95 Å². The number of nitro benzene ring substituents is 1. The molecule has 5 nitrogen and oxygen atoms in total. The number of benzene rings is 2. The molecule has 2 N–H and O–H groups in total. The van der Waals surface area contributed by atoms with Crippen LogP contribution in [0.3, 0.4) is 0 Å². The van der Waals surface area contributed by atoms with E-state index >= 15 is 0 Å². The molecule has 2 aromatic rings. The average Bonchev–Trinajstić information content (AvgIpc) is 2.53. The van der Waals surface area contributed by atoms with Crippen molar-refractivity contribution in [1.82, 2.24) is 0 Å².